The molecule has 0 N–H and O–H groups in total. The van der Waals surface area contributed by atoms with Crippen molar-refractivity contribution in [3.8, 4) is 0 Å². The Hall–Kier alpha value is -1.60. The first kappa shape index (κ1) is 25.7. The van der Waals surface area contributed by atoms with E-state index in [1.54, 1.807) is 20.8 Å². The first-order valence-corrected chi connectivity index (χ1v) is 13.9. The summed E-state index contributed by atoms with van der Waals surface area (Å²) in [6.45, 7) is 19.9. The first-order chi connectivity index (χ1) is 13.9. The van der Waals surface area contributed by atoms with Gasteiger partial charge < -0.3 is 19.4 Å². The summed E-state index contributed by atoms with van der Waals surface area (Å²) in [4.78, 5) is 28.9. The molecule has 0 aromatic heterocycles. The Kier molecular flexibility index (Phi) is 6.95. The SMILES string of the molecule is C[C@@H]1[C@@H]2C=C[C@@H](O2)[C@H](C)C1(CC(=O)C(=[N+]=[N-])C(=O)OC(C)(C)C)O[Si](C)(C)C(C)(C)C. The van der Waals surface area contributed by atoms with Crippen LogP contribution in [0.15, 0.2) is 12.2 Å². The monoisotopic (exact) mass is 450 g/mol. The minimum atomic E-state index is -2.31. The molecule has 0 saturated carbocycles. The van der Waals surface area contributed by atoms with E-state index in [4.69, 9.17) is 13.9 Å². The lowest BCUT2D eigenvalue weighted by Gasteiger charge is -2.55. The Morgan fingerprint density at radius 3 is 1.94 bits per heavy atom. The molecular formula is C23H38N2O5Si. The van der Waals surface area contributed by atoms with E-state index in [9.17, 15) is 15.1 Å². The number of ketones is 1. The van der Waals surface area contributed by atoms with Gasteiger partial charge in [0, 0.05) is 18.3 Å². The molecule has 1 unspecified atom stereocenters. The predicted octanol–water partition coefficient (Wildman–Crippen LogP) is 4.33. The molecule has 2 rings (SSSR count). The van der Waals surface area contributed by atoms with Crippen molar-refractivity contribution in [1.82, 2.24) is 0 Å². The van der Waals surface area contributed by atoms with Gasteiger partial charge in [-0.05, 0) is 38.9 Å². The summed E-state index contributed by atoms with van der Waals surface area (Å²) >= 11 is 0. The van der Waals surface area contributed by atoms with Gasteiger partial charge in [-0.2, -0.15) is 4.79 Å². The average Bonchev–Trinajstić information content (AvgIpc) is 3.03. The second kappa shape index (κ2) is 8.39. The van der Waals surface area contributed by atoms with E-state index in [0.717, 1.165) is 0 Å². The molecule has 1 saturated heterocycles. The lowest BCUT2D eigenvalue weighted by atomic mass is 9.70. The highest BCUT2D eigenvalue weighted by molar-refractivity contribution is 6.74. The highest BCUT2D eigenvalue weighted by Gasteiger charge is 2.59. The number of esters is 1. The van der Waals surface area contributed by atoms with E-state index in [0.29, 0.717) is 0 Å². The molecule has 2 aliphatic rings. The maximum Gasteiger partial charge on any atom is 0.441 e. The molecule has 0 spiro atoms. The molecule has 2 bridgehead atoms. The highest BCUT2D eigenvalue weighted by atomic mass is 28.4. The van der Waals surface area contributed by atoms with Crippen LogP contribution in [0.3, 0.4) is 0 Å². The molecule has 0 aliphatic carbocycles. The third-order valence-electron chi connectivity index (χ3n) is 6.98. The molecule has 174 valence electrons. The Labute approximate surface area is 187 Å². The minimum absolute atomic E-state index is 0.0771. The molecule has 7 nitrogen and oxygen atoms in total. The van der Waals surface area contributed by atoms with Crippen molar-refractivity contribution < 1.29 is 28.3 Å². The molecule has 0 radical (unpaired) electrons. The van der Waals surface area contributed by atoms with Crippen molar-refractivity contribution in [2.75, 3.05) is 0 Å². The van der Waals surface area contributed by atoms with Crippen LogP contribution >= 0.6 is 0 Å². The number of rotatable bonds is 6. The minimum Gasteiger partial charge on any atom is -0.451 e. The smallest absolute Gasteiger partial charge is 0.441 e. The van der Waals surface area contributed by atoms with Crippen LogP contribution in [-0.2, 0) is 23.5 Å². The Bertz CT molecular complexity index is 797. The largest absolute Gasteiger partial charge is 0.451 e. The zero-order valence-corrected chi connectivity index (χ0v) is 21.6. The van der Waals surface area contributed by atoms with Gasteiger partial charge >= 0.3 is 11.7 Å². The van der Waals surface area contributed by atoms with Gasteiger partial charge in [0.05, 0.1) is 17.8 Å². The van der Waals surface area contributed by atoms with Crippen molar-refractivity contribution in [2.24, 2.45) is 11.8 Å². The molecule has 2 aliphatic heterocycles. The zero-order chi connectivity index (χ0) is 24.0. The number of ether oxygens (including phenoxy) is 2. The van der Waals surface area contributed by atoms with Gasteiger partial charge in [-0.3, -0.25) is 4.79 Å². The van der Waals surface area contributed by atoms with Crippen molar-refractivity contribution in [2.45, 2.75) is 103 Å². The summed E-state index contributed by atoms with van der Waals surface area (Å²) in [7, 11) is -2.31. The molecule has 31 heavy (non-hydrogen) atoms. The van der Waals surface area contributed by atoms with Crippen molar-refractivity contribution in [3.63, 3.8) is 0 Å². The predicted molar refractivity (Wildman–Crippen MR) is 121 cm³/mol. The summed E-state index contributed by atoms with van der Waals surface area (Å²) in [5.74, 6) is -1.78. The zero-order valence-electron chi connectivity index (χ0n) is 20.6. The number of carbonyl (C=O) groups excluding carboxylic acids is 2. The summed E-state index contributed by atoms with van der Waals surface area (Å²) in [6.07, 6.45) is 3.63. The first-order valence-electron chi connectivity index (χ1n) is 11.0. The van der Waals surface area contributed by atoms with E-state index < -0.39 is 37.0 Å². The third-order valence-corrected chi connectivity index (χ3v) is 11.5. The highest BCUT2D eigenvalue weighted by Crippen LogP contribution is 2.51. The van der Waals surface area contributed by atoms with Crippen LogP contribution < -0.4 is 0 Å². The molecular weight excluding hydrogens is 412 g/mol. The van der Waals surface area contributed by atoms with Gasteiger partial charge in [0.25, 0.3) is 5.78 Å². The number of hydrogen-bond acceptors (Lipinski definition) is 5. The van der Waals surface area contributed by atoms with Gasteiger partial charge in [0.1, 0.15) is 5.60 Å². The van der Waals surface area contributed by atoms with Crippen LogP contribution in [0.1, 0.15) is 61.8 Å². The Balaban J connectivity index is 2.46. The van der Waals surface area contributed by atoms with Crippen molar-refractivity contribution >= 4 is 25.8 Å². The number of fused-ring (bicyclic) bond motifs is 2. The molecule has 8 heteroatoms. The van der Waals surface area contributed by atoms with E-state index in [1.165, 1.54) is 0 Å². The Morgan fingerprint density at radius 1 is 1.06 bits per heavy atom. The maximum absolute atomic E-state index is 13.3. The number of nitrogens with zero attached hydrogens (tertiary/aromatic N) is 2. The fourth-order valence-electron chi connectivity index (χ4n) is 4.07. The second-order valence-corrected chi connectivity index (χ2v) is 16.1. The lowest BCUT2D eigenvalue weighted by molar-refractivity contribution is -0.178. The van der Waals surface area contributed by atoms with Crippen LogP contribution in [0, 0.1) is 11.8 Å². The molecule has 1 fully saturated rings. The Morgan fingerprint density at radius 2 is 1.55 bits per heavy atom. The van der Waals surface area contributed by atoms with Crippen LogP contribution in [0.25, 0.3) is 5.53 Å². The van der Waals surface area contributed by atoms with Gasteiger partial charge in [0.15, 0.2) is 8.32 Å². The van der Waals surface area contributed by atoms with E-state index in [-0.39, 0.29) is 35.5 Å². The molecule has 2 heterocycles. The van der Waals surface area contributed by atoms with E-state index in [1.807, 2.05) is 26.0 Å². The van der Waals surface area contributed by atoms with Crippen LogP contribution in [0.5, 0.6) is 0 Å². The molecule has 0 aromatic rings. The van der Waals surface area contributed by atoms with Crippen LogP contribution in [0.2, 0.25) is 18.1 Å². The number of Topliss-reactive ketones (excluding diaryl/α,β-unsaturated/α-hetero) is 1. The van der Waals surface area contributed by atoms with Gasteiger partial charge in [-0.25, -0.2) is 4.79 Å². The molecule has 5 atom stereocenters. The summed E-state index contributed by atoms with van der Waals surface area (Å²) in [5, 5.41) is -0.0771. The summed E-state index contributed by atoms with van der Waals surface area (Å²) in [5.41, 5.74) is 7.21. The third kappa shape index (κ3) is 5.08. The fourth-order valence-corrected chi connectivity index (χ4v) is 5.77. The normalized spacial score (nSPS) is 30.6. The summed E-state index contributed by atoms with van der Waals surface area (Å²) in [6, 6.07) is 0. The van der Waals surface area contributed by atoms with Gasteiger partial charge in [-0.15, -0.1) is 0 Å². The van der Waals surface area contributed by atoms with Crippen molar-refractivity contribution in [3.05, 3.63) is 17.7 Å². The van der Waals surface area contributed by atoms with Gasteiger partial charge in [0.2, 0.25) is 0 Å². The summed E-state index contributed by atoms with van der Waals surface area (Å²) < 4.78 is 18.4. The molecule has 0 aromatic carbocycles. The van der Waals surface area contributed by atoms with E-state index in [2.05, 4.69) is 38.7 Å². The van der Waals surface area contributed by atoms with E-state index >= 15 is 0 Å². The van der Waals surface area contributed by atoms with Crippen LogP contribution in [0.4, 0.5) is 0 Å². The lowest BCUT2D eigenvalue weighted by Crippen LogP contribution is -2.63. The topological polar surface area (TPSA) is 98.2 Å². The van der Waals surface area contributed by atoms with Crippen LogP contribution in [-0.4, -0.2) is 54.0 Å². The fraction of sp³-hybridized carbons (Fsp3) is 0.783. The second-order valence-electron chi connectivity index (χ2n) is 11.4. The standard InChI is InChI=1S/C23H38N2O5Si/c1-14-17-11-12-18(28-17)15(2)23(14,30-31(9,10)22(6,7)8)13-16(26)19(25-24)20(27)29-21(3,4)5/h11-12,14-15,17-18H,13H2,1-10H3/t14-,15+,17+,18-,23?. The number of carbonyl (C=O) groups is 2. The molecule has 0 amide bonds. The quantitative estimate of drug-likeness (QED) is 0.114. The van der Waals surface area contributed by atoms with Crippen molar-refractivity contribution in [1.29, 1.82) is 0 Å². The van der Waals surface area contributed by atoms with Gasteiger partial charge in [-0.1, -0.05) is 46.8 Å². The average molecular weight is 451 g/mol. The maximum atomic E-state index is 13.3. The number of hydrogen-bond donors (Lipinski definition) is 0.